The average molecular weight is 300 g/mol. The van der Waals surface area contributed by atoms with Crippen molar-refractivity contribution in [3.63, 3.8) is 0 Å². The monoisotopic (exact) mass is 300 g/mol. The van der Waals surface area contributed by atoms with Gasteiger partial charge in [-0.2, -0.15) is 5.10 Å². The largest absolute Gasteiger partial charge is 0.356 e. The van der Waals surface area contributed by atoms with Gasteiger partial charge >= 0.3 is 0 Å². The molecule has 1 amide bonds. The minimum absolute atomic E-state index is 0.0458. The van der Waals surface area contributed by atoms with E-state index in [9.17, 15) is 4.79 Å². The van der Waals surface area contributed by atoms with Gasteiger partial charge in [0, 0.05) is 19.6 Å². The molecule has 7 heteroatoms. The molecule has 0 spiro atoms. The lowest BCUT2D eigenvalue weighted by atomic mass is 9.97. The molecule has 2 aliphatic rings. The fourth-order valence-corrected chi connectivity index (χ4v) is 3.10. The molecule has 2 fully saturated rings. The van der Waals surface area contributed by atoms with Crippen LogP contribution in [-0.4, -0.2) is 45.7 Å². The summed E-state index contributed by atoms with van der Waals surface area (Å²) in [6.07, 6.45) is 7.78. The van der Waals surface area contributed by atoms with Gasteiger partial charge in [-0.3, -0.25) is 9.89 Å². The number of nitrogens with one attached hydrogen (secondary N) is 2. The summed E-state index contributed by atoms with van der Waals surface area (Å²) >= 11 is 0. The predicted molar refractivity (Wildman–Crippen MR) is 82.4 cm³/mol. The molecule has 2 aromatic heterocycles. The van der Waals surface area contributed by atoms with E-state index < -0.39 is 0 Å². The van der Waals surface area contributed by atoms with Gasteiger partial charge in [0.2, 0.25) is 5.91 Å². The number of carbonyl (C=O) groups is 1. The Bertz CT molecular complexity index is 679. The van der Waals surface area contributed by atoms with Crippen molar-refractivity contribution in [1.82, 2.24) is 25.5 Å². The van der Waals surface area contributed by atoms with Gasteiger partial charge in [-0.05, 0) is 31.6 Å². The van der Waals surface area contributed by atoms with Crippen molar-refractivity contribution in [2.24, 2.45) is 11.8 Å². The summed E-state index contributed by atoms with van der Waals surface area (Å²) in [6.45, 7) is 2.48. The second kappa shape index (κ2) is 5.55. The van der Waals surface area contributed by atoms with E-state index in [0.29, 0.717) is 6.54 Å². The number of anilines is 1. The second-order valence-electron chi connectivity index (χ2n) is 6.30. The van der Waals surface area contributed by atoms with Gasteiger partial charge in [-0.1, -0.05) is 0 Å². The van der Waals surface area contributed by atoms with E-state index in [4.69, 9.17) is 0 Å². The second-order valence-corrected chi connectivity index (χ2v) is 6.30. The first kappa shape index (κ1) is 13.5. The van der Waals surface area contributed by atoms with Crippen LogP contribution < -0.4 is 10.2 Å². The molecule has 4 rings (SSSR count). The Morgan fingerprint density at radius 1 is 1.36 bits per heavy atom. The van der Waals surface area contributed by atoms with E-state index in [1.54, 1.807) is 12.5 Å². The lowest BCUT2D eigenvalue weighted by molar-refractivity contribution is -0.125. The van der Waals surface area contributed by atoms with Gasteiger partial charge in [0.05, 0.1) is 17.5 Å². The summed E-state index contributed by atoms with van der Waals surface area (Å²) in [5.74, 6) is 1.83. The Morgan fingerprint density at radius 2 is 2.27 bits per heavy atom. The van der Waals surface area contributed by atoms with Crippen molar-refractivity contribution < 1.29 is 4.79 Å². The maximum Gasteiger partial charge on any atom is 0.224 e. The molecule has 0 radical (unpaired) electrons. The van der Waals surface area contributed by atoms with E-state index in [2.05, 4.69) is 30.4 Å². The molecule has 0 aromatic carbocycles. The SMILES string of the molecule is O=C(NCC1CC1)[C@H]1CCCN(c2ncnc3[nH]ncc23)C1. The number of hydrogen-bond donors (Lipinski definition) is 2. The number of nitrogens with zero attached hydrogens (tertiary/aromatic N) is 4. The van der Waals surface area contributed by atoms with Crippen molar-refractivity contribution in [3.8, 4) is 0 Å². The highest BCUT2D eigenvalue weighted by Gasteiger charge is 2.29. The summed E-state index contributed by atoms with van der Waals surface area (Å²) in [6, 6.07) is 0. The number of piperidine rings is 1. The standard InChI is InChI=1S/C15H20N6O/c22-15(16-6-10-3-4-10)11-2-1-5-21(8-11)14-12-7-19-20-13(12)17-9-18-14/h7,9-11H,1-6,8H2,(H,16,22)(H,17,18,19,20)/t11-/m0/s1. The van der Waals surface area contributed by atoms with Crippen molar-refractivity contribution in [2.75, 3.05) is 24.5 Å². The van der Waals surface area contributed by atoms with Crippen LogP contribution in [0.15, 0.2) is 12.5 Å². The third-order valence-corrected chi connectivity index (χ3v) is 4.58. The smallest absolute Gasteiger partial charge is 0.224 e. The molecule has 0 bridgehead atoms. The maximum absolute atomic E-state index is 12.3. The van der Waals surface area contributed by atoms with Gasteiger partial charge in [0.1, 0.15) is 12.1 Å². The van der Waals surface area contributed by atoms with E-state index in [0.717, 1.165) is 48.7 Å². The fourth-order valence-electron chi connectivity index (χ4n) is 3.10. The van der Waals surface area contributed by atoms with E-state index in [1.165, 1.54) is 12.8 Å². The zero-order valence-corrected chi connectivity index (χ0v) is 12.5. The average Bonchev–Trinajstić information content (AvgIpc) is 3.27. The molecule has 116 valence electrons. The van der Waals surface area contributed by atoms with Gasteiger partial charge in [0.15, 0.2) is 5.65 Å². The number of H-pyrrole nitrogens is 1. The van der Waals surface area contributed by atoms with Crippen LogP contribution in [0.1, 0.15) is 25.7 Å². The summed E-state index contributed by atoms with van der Waals surface area (Å²) in [5.41, 5.74) is 0.741. The molecule has 1 saturated heterocycles. The molecule has 3 heterocycles. The van der Waals surface area contributed by atoms with Crippen LogP contribution in [0.2, 0.25) is 0 Å². The highest BCUT2D eigenvalue weighted by molar-refractivity contribution is 5.87. The van der Waals surface area contributed by atoms with Gasteiger partial charge in [-0.25, -0.2) is 9.97 Å². The Labute approximate surface area is 128 Å². The molecule has 1 aliphatic heterocycles. The lowest BCUT2D eigenvalue weighted by Gasteiger charge is -2.33. The number of amides is 1. The third kappa shape index (κ3) is 2.63. The van der Waals surface area contributed by atoms with Crippen molar-refractivity contribution in [2.45, 2.75) is 25.7 Å². The van der Waals surface area contributed by atoms with Crippen LogP contribution in [0.25, 0.3) is 11.0 Å². The van der Waals surface area contributed by atoms with Crippen molar-refractivity contribution in [1.29, 1.82) is 0 Å². The zero-order valence-electron chi connectivity index (χ0n) is 12.5. The number of hydrogen-bond acceptors (Lipinski definition) is 5. The summed E-state index contributed by atoms with van der Waals surface area (Å²) in [4.78, 5) is 23.1. The van der Waals surface area contributed by atoms with E-state index in [-0.39, 0.29) is 11.8 Å². The number of aromatic amines is 1. The maximum atomic E-state index is 12.3. The molecule has 1 aliphatic carbocycles. The minimum atomic E-state index is 0.0458. The minimum Gasteiger partial charge on any atom is -0.356 e. The Kier molecular flexibility index (Phi) is 3.40. The molecule has 2 aromatic rings. The first-order valence-electron chi connectivity index (χ1n) is 7.98. The molecule has 1 atom stereocenters. The normalized spacial score (nSPS) is 22.0. The Hall–Kier alpha value is -2.18. The van der Waals surface area contributed by atoms with Crippen LogP contribution in [0, 0.1) is 11.8 Å². The first-order chi connectivity index (χ1) is 10.8. The molecule has 22 heavy (non-hydrogen) atoms. The Balaban J connectivity index is 1.48. The van der Waals surface area contributed by atoms with E-state index in [1.807, 2.05) is 0 Å². The molecule has 2 N–H and O–H groups in total. The van der Waals surface area contributed by atoms with Crippen LogP contribution >= 0.6 is 0 Å². The summed E-state index contributed by atoms with van der Waals surface area (Å²) in [7, 11) is 0. The number of fused-ring (bicyclic) bond motifs is 1. The van der Waals surface area contributed by atoms with Crippen LogP contribution in [-0.2, 0) is 4.79 Å². The predicted octanol–water partition coefficient (Wildman–Crippen LogP) is 1.10. The topological polar surface area (TPSA) is 86.8 Å². The number of carbonyl (C=O) groups excluding carboxylic acids is 1. The number of aromatic nitrogens is 4. The first-order valence-corrected chi connectivity index (χ1v) is 7.98. The third-order valence-electron chi connectivity index (χ3n) is 4.58. The molecular formula is C15H20N6O. The molecule has 0 unspecified atom stereocenters. The van der Waals surface area contributed by atoms with Crippen LogP contribution in [0.3, 0.4) is 0 Å². The van der Waals surface area contributed by atoms with Gasteiger partial charge in [0.25, 0.3) is 0 Å². The van der Waals surface area contributed by atoms with Crippen LogP contribution in [0.4, 0.5) is 5.82 Å². The molecule has 1 saturated carbocycles. The van der Waals surface area contributed by atoms with Crippen molar-refractivity contribution in [3.05, 3.63) is 12.5 Å². The summed E-state index contributed by atoms with van der Waals surface area (Å²) in [5, 5.41) is 10.9. The highest BCUT2D eigenvalue weighted by Crippen LogP contribution is 2.29. The zero-order chi connectivity index (χ0) is 14.9. The summed E-state index contributed by atoms with van der Waals surface area (Å²) < 4.78 is 0. The van der Waals surface area contributed by atoms with Gasteiger partial charge < -0.3 is 10.2 Å². The van der Waals surface area contributed by atoms with Crippen molar-refractivity contribution >= 4 is 22.8 Å². The lowest BCUT2D eigenvalue weighted by Crippen LogP contribution is -2.43. The quantitative estimate of drug-likeness (QED) is 0.883. The molecular weight excluding hydrogens is 280 g/mol. The Morgan fingerprint density at radius 3 is 3.14 bits per heavy atom. The number of rotatable bonds is 4. The van der Waals surface area contributed by atoms with E-state index >= 15 is 0 Å². The van der Waals surface area contributed by atoms with Gasteiger partial charge in [-0.15, -0.1) is 0 Å². The van der Waals surface area contributed by atoms with Crippen LogP contribution in [0.5, 0.6) is 0 Å². The molecule has 7 nitrogen and oxygen atoms in total. The fraction of sp³-hybridized carbons (Fsp3) is 0.600. The highest BCUT2D eigenvalue weighted by atomic mass is 16.1.